The number of alkyl halides is 5. The first kappa shape index (κ1) is 13.8. The van der Waals surface area contributed by atoms with Crippen molar-refractivity contribution >= 4 is 0 Å². The lowest BCUT2D eigenvalue weighted by molar-refractivity contribution is -0.142. The fraction of sp³-hybridized carbons (Fsp3) is 0.444. The van der Waals surface area contributed by atoms with Crippen molar-refractivity contribution in [2.75, 3.05) is 6.54 Å². The monoisotopic (exact) mass is 256 g/mol. The largest absolute Gasteiger partial charge is 0.433 e. The standard InChI is InChI=1S/C9H9F5N2O/c10-8(11,4-15)7(17)5-2-1-3-6(16-5)9(12,13)14/h1-3,7,17H,4,15H2. The molecular formula is C9H9F5N2O. The van der Waals surface area contributed by atoms with E-state index in [-0.39, 0.29) is 0 Å². The van der Waals surface area contributed by atoms with Crippen molar-refractivity contribution < 1.29 is 27.1 Å². The molecule has 0 aliphatic heterocycles. The highest BCUT2D eigenvalue weighted by Crippen LogP contribution is 2.32. The zero-order chi connectivity index (χ0) is 13.3. The summed E-state index contributed by atoms with van der Waals surface area (Å²) in [6, 6.07) is 2.39. The molecule has 17 heavy (non-hydrogen) atoms. The number of aliphatic hydroxyl groups is 1. The first-order valence-corrected chi connectivity index (χ1v) is 4.48. The zero-order valence-corrected chi connectivity index (χ0v) is 8.38. The van der Waals surface area contributed by atoms with Crippen LogP contribution in [0.4, 0.5) is 22.0 Å². The van der Waals surface area contributed by atoms with Gasteiger partial charge < -0.3 is 10.8 Å². The summed E-state index contributed by atoms with van der Waals surface area (Å²) in [5.74, 6) is -3.72. The van der Waals surface area contributed by atoms with E-state index in [9.17, 15) is 27.1 Å². The molecule has 3 nitrogen and oxygen atoms in total. The second-order valence-corrected chi connectivity index (χ2v) is 3.31. The van der Waals surface area contributed by atoms with E-state index in [2.05, 4.69) is 4.98 Å². The Morgan fingerprint density at radius 3 is 2.29 bits per heavy atom. The fourth-order valence-corrected chi connectivity index (χ4v) is 1.09. The van der Waals surface area contributed by atoms with E-state index >= 15 is 0 Å². The number of nitrogens with zero attached hydrogens (tertiary/aromatic N) is 1. The topological polar surface area (TPSA) is 59.1 Å². The Hall–Kier alpha value is -1.28. The number of aliphatic hydroxyl groups excluding tert-OH is 1. The Balaban J connectivity index is 3.08. The smallest absolute Gasteiger partial charge is 0.380 e. The van der Waals surface area contributed by atoms with Crippen LogP contribution in [-0.4, -0.2) is 22.6 Å². The third kappa shape index (κ3) is 3.10. The molecular weight excluding hydrogens is 247 g/mol. The van der Waals surface area contributed by atoms with Crippen LogP contribution in [-0.2, 0) is 6.18 Å². The van der Waals surface area contributed by atoms with Gasteiger partial charge in [0.05, 0.1) is 12.2 Å². The molecule has 96 valence electrons. The predicted molar refractivity (Wildman–Crippen MR) is 48.2 cm³/mol. The van der Waals surface area contributed by atoms with Gasteiger partial charge in [-0.15, -0.1) is 0 Å². The van der Waals surface area contributed by atoms with E-state index in [4.69, 9.17) is 5.73 Å². The number of aromatic nitrogens is 1. The average Bonchev–Trinajstić information content (AvgIpc) is 2.27. The number of halogens is 5. The first-order chi connectivity index (χ1) is 7.68. The Labute approximate surface area is 93.1 Å². The van der Waals surface area contributed by atoms with Crippen LogP contribution >= 0.6 is 0 Å². The molecule has 0 saturated heterocycles. The van der Waals surface area contributed by atoms with E-state index in [1.807, 2.05) is 0 Å². The van der Waals surface area contributed by atoms with E-state index < -0.39 is 36.1 Å². The van der Waals surface area contributed by atoms with Crippen molar-refractivity contribution in [3.05, 3.63) is 29.6 Å². The molecule has 0 radical (unpaired) electrons. The summed E-state index contributed by atoms with van der Waals surface area (Å²) in [6.45, 7) is -1.19. The summed E-state index contributed by atoms with van der Waals surface area (Å²) in [6.07, 6.45) is -7.22. The Morgan fingerprint density at radius 1 is 1.24 bits per heavy atom. The minimum Gasteiger partial charge on any atom is -0.380 e. The van der Waals surface area contributed by atoms with Crippen LogP contribution in [0.1, 0.15) is 17.5 Å². The van der Waals surface area contributed by atoms with Gasteiger partial charge in [-0.1, -0.05) is 6.07 Å². The quantitative estimate of drug-likeness (QED) is 0.810. The Bertz CT molecular complexity index is 393. The zero-order valence-electron chi connectivity index (χ0n) is 8.38. The first-order valence-electron chi connectivity index (χ1n) is 4.48. The third-order valence-corrected chi connectivity index (χ3v) is 2.01. The molecule has 1 heterocycles. The summed E-state index contributed by atoms with van der Waals surface area (Å²) < 4.78 is 62.7. The van der Waals surface area contributed by atoms with Gasteiger partial charge in [-0.2, -0.15) is 13.2 Å². The molecule has 1 aromatic heterocycles. The number of pyridine rings is 1. The Morgan fingerprint density at radius 2 is 1.82 bits per heavy atom. The summed E-state index contributed by atoms with van der Waals surface area (Å²) >= 11 is 0. The molecule has 0 saturated carbocycles. The van der Waals surface area contributed by atoms with Crippen LogP contribution in [0.3, 0.4) is 0 Å². The lowest BCUT2D eigenvalue weighted by Crippen LogP contribution is -2.35. The van der Waals surface area contributed by atoms with E-state index in [1.165, 1.54) is 0 Å². The molecule has 0 spiro atoms. The fourth-order valence-electron chi connectivity index (χ4n) is 1.09. The van der Waals surface area contributed by atoms with E-state index in [0.29, 0.717) is 6.07 Å². The second kappa shape index (κ2) is 4.53. The minimum atomic E-state index is -4.76. The van der Waals surface area contributed by atoms with Crippen molar-refractivity contribution in [3.63, 3.8) is 0 Å². The van der Waals surface area contributed by atoms with Gasteiger partial charge in [-0.3, -0.25) is 0 Å². The summed E-state index contributed by atoms with van der Waals surface area (Å²) in [5.41, 5.74) is 2.59. The molecule has 0 fully saturated rings. The number of hydrogen-bond donors (Lipinski definition) is 2. The summed E-state index contributed by atoms with van der Waals surface area (Å²) in [7, 11) is 0. The van der Waals surface area contributed by atoms with Crippen molar-refractivity contribution in [2.24, 2.45) is 5.73 Å². The van der Waals surface area contributed by atoms with Crippen LogP contribution in [0.15, 0.2) is 18.2 Å². The third-order valence-electron chi connectivity index (χ3n) is 2.01. The molecule has 1 unspecified atom stereocenters. The van der Waals surface area contributed by atoms with Gasteiger partial charge in [0.15, 0.2) is 6.10 Å². The van der Waals surface area contributed by atoms with Crippen LogP contribution in [0.5, 0.6) is 0 Å². The maximum absolute atomic E-state index is 13.0. The Kier molecular flexibility index (Phi) is 3.68. The highest BCUT2D eigenvalue weighted by molar-refractivity contribution is 5.17. The van der Waals surface area contributed by atoms with Gasteiger partial charge in [0.2, 0.25) is 0 Å². The molecule has 0 amide bonds. The van der Waals surface area contributed by atoms with Gasteiger partial charge in [0.25, 0.3) is 5.92 Å². The van der Waals surface area contributed by atoms with Gasteiger partial charge in [0.1, 0.15) is 5.69 Å². The van der Waals surface area contributed by atoms with Crippen molar-refractivity contribution in [3.8, 4) is 0 Å². The molecule has 0 aliphatic carbocycles. The van der Waals surface area contributed by atoms with Crippen molar-refractivity contribution in [1.29, 1.82) is 0 Å². The molecule has 1 aromatic rings. The van der Waals surface area contributed by atoms with Gasteiger partial charge in [0, 0.05) is 0 Å². The summed E-state index contributed by atoms with van der Waals surface area (Å²) in [4.78, 5) is 2.95. The molecule has 1 rings (SSSR count). The maximum Gasteiger partial charge on any atom is 0.433 e. The van der Waals surface area contributed by atoms with Crippen molar-refractivity contribution in [2.45, 2.75) is 18.2 Å². The van der Waals surface area contributed by atoms with Crippen LogP contribution in [0.2, 0.25) is 0 Å². The highest BCUT2D eigenvalue weighted by atomic mass is 19.4. The van der Waals surface area contributed by atoms with Gasteiger partial charge in [-0.25, -0.2) is 13.8 Å². The predicted octanol–water partition coefficient (Wildman–Crippen LogP) is 1.73. The molecule has 8 heteroatoms. The lowest BCUT2D eigenvalue weighted by atomic mass is 10.1. The number of rotatable bonds is 3. The molecule has 3 N–H and O–H groups in total. The minimum absolute atomic E-state index is 0.622. The van der Waals surface area contributed by atoms with E-state index in [0.717, 1.165) is 12.1 Å². The van der Waals surface area contributed by atoms with Crippen molar-refractivity contribution in [1.82, 2.24) is 4.98 Å². The van der Waals surface area contributed by atoms with Gasteiger partial charge >= 0.3 is 6.18 Å². The highest BCUT2D eigenvalue weighted by Gasteiger charge is 2.40. The summed E-state index contributed by atoms with van der Waals surface area (Å²) in [5, 5.41) is 9.18. The van der Waals surface area contributed by atoms with E-state index in [1.54, 1.807) is 0 Å². The second-order valence-electron chi connectivity index (χ2n) is 3.31. The van der Waals surface area contributed by atoms with Crippen LogP contribution in [0, 0.1) is 0 Å². The molecule has 0 aromatic carbocycles. The SMILES string of the molecule is NCC(F)(F)C(O)c1cccc(C(F)(F)F)n1. The maximum atomic E-state index is 13.0. The average molecular weight is 256 g/mol. The lowest BCUT2D eigenvalue weighted by Gasteiger charge is -2.20. The number of nitrogens with two attached hydrogens (primary N) is 1. The normalized spacial score (nSPS) is 14.8. The molecule has 0 bridgehead atoms. The molecule has 0 aliphatic rings. The number of hydrogen-bond acceptors (Lipinski definition) is 3. The van der Waals surface area contributed by atoms with Crippen LogP contribution in [0.25, 0.3) is 0 Å². The van der Waals surface area contributed by atoms with Crippen LogP contribution < -0.4 is 5.73 Å². The van der Waals surface area contributed by atoms with Gasteiger partial charge in [-0.05, 0) is 12.1 Å². The molecule has 1 atom stereocenters.